The third kappa shape index (κ3) is 4.98. The molecule has 0 spiro atoms. The SMILES string of the molecule is Cc1cc(NC(=O)C(OC(=O)CCc2nc3ccccc3c(=O)n2C)c2ccccc2)no1. The molecule has 0 fully saturated rings. The topological polar surface area (TPSA) is 116 Å². The molecular formula is C24H22N4O5. The first-order chi connectivity index (χ1) is 15.9. The van der Waals surface area contributed by atoms with Crippen molar-refractivity contribution in [3.05, 3.63) is 88.2 Å². The first-order valence-electron chi connectivity index (χ1n) is 10.4. The van der Waals surface area contributed by atoms with Gasteiger partial charge in [-0.3, -0.25) is 19.0 Å². The summed E-state index contributed by atoms with van der Waals surface area (Å²) in [4.78, 5) is 42.6. The number of carbonyl (C=O) groups is 2. The number of carbonyl (C=O) groups excluding carboxylic acids is 2. The Kier molecular flexibility index (Phi) is 6.30. The number of nitrogens with zero attached hydrogens (tertiary/aromatic N) is 3. The number of amides is 1. The molecule has 4 rings (SSSR count). The predicted molar refractivity (Wildman–Crippen MR) is 120 cm³/mol. The molecule has 2 aromatic carbocycles. The van der Waals surface area contributed by atoms with Crippen LogP contribution in [0, 0.1) is 6.92 Å². The number of fused-ring (bicyclic) bond motifs is 1. The molecule has 0 aliphatic carbocycles. The first-order valence-corrected chi connectivity index (χ1v) is 10.4. The van der Waals surface area contributed by atoms with E-state index in [4.69, 9.17) is 9.26 Å². The molecule has 0 saturated carbocycles. The fourth-order valence-corrected chi connectivity index (χ4v) is 3.41. The number of hydrogen-bond donors (Lipinski definition) is 1. The molecule has 0 aliphatic heterocycles. The molecule has 4 aromatic rings. The van der Waals surface area contributed by atoms with Crippen molar-refractivity contribution in [3.8, 4) is 0 Å². The summed E-state index contributed by atoms with van der Waals surface area (Å²) in [5.74, 6) is 0.0585. The zero-order valence-electron chi connectivity index (χ0n) is 18.1. The molecule has 1 atom stereocenters. The van der Waals surface area contributed by atoms with Crippen molar-refractivity contribution in [2.45, 2.75) is 25.9 Å². The second-order valence-corrected chi connectivity index (χ2v) is 7.50. The molecule has 9 nitrogen and oxygen atoms in total. The van der Waals surface area contributed by atoms with Gasteiger partial charge in [0.25, 0.3) is 11.5 Å². The van der Waals surface area contributed by atoms with E-state index in [-0.39, 0.29) is 24.2 Å². The fourth-order valence-electron chi connectivity index (χ4n) is 3.41. The van der Waals surface area contributed by atoms with Crippen LogP contribution >= 0.6 is 0 Å². The van der Waals surface area contributed by atoms with Gasteiger partial charge in [0.1, 0.15) is 11.6 Å². The Hall–Kier alpha value is -4.27. The minimum Gasteiger partial charge on any atom is -0.447 e. The standard InChI is InChI=1S/C24H22N4O5/c1-15-14-19(27-33-15)26-23(30)22(16-8-4-3-5-9-16)32-21(29)13-12-20-25-18-11-7-6-10-17(18)24(31)28(20)2/h3-11,14,22H,12-13H2,1-2H3,(H,26,27,30). The zero-order chi connectivity index (χ0) is 23.4. The molecule has 33 heavy (non-hydrogen) atoms. The van der Waals surface area contributed by atoms with Crippen LogP contribution in [0.4, 0.5) is 5.82 Å². The molecular weight excluding hydrogens is 424 g/mol. The van der Waals surface area contributed by atoms with Gasteiger partial charge in [0.15, 0.2) is 5.82 Å². The number of anilines is 1. The van der Waals surface area contributed by atoms with Crippen molar-refractivity contribution in [1.29, 1.82) is 0 Å². The van der Waals surface area contributed by atoms with Gasteiger partial charge in [-0.25, -0.2) is 4.98 Å². The fraction of sp³-hybridized carbons (Fsp3) is 0.208. The summed E-state index contributed by atoms with van der Waals surface area (Å²) in [7, 11) is 1.61. The largest absolute Gasteiger partial charge is 0.447 e. The van der Waals surface area contributed by atoms with E-state index in [0.717, 1.165) is 0 Å². The maximum atomic E-state index is 12.8. The van der Waals surface area contributed by atoms with Crippen molar-refractivity contribution in [3.63, 3.8) is 0 Å². The average molecular weight is 446 g/mol. The van der Waals surface area contributed by atoms with Gasteiger partial charge >= 0.3 is 5.97 Å². The maximum Gasteiger partial charge on any atom is 0.307 e. The third-order valence-electron chi connectivity index (χ3n) is 5.10. The number of ether oxygens (including phenoxy) is 1. The number of para-hydroxylation sites is 1. The van der Waals surface area contributed by atoms with Crippen LogP contribution in [0.15, 0.2) is 70.0 Å². The number of aromatic nitrogens is 3. The number of esters is 1. The van der Waals surface area contributed by atoms with Gasteiger partial charge in [0.2, 0.25) is 6.10 Å². The van der Waals surface area contributed by atoms with Gasteiger partial charge < -0.3 is 14.6 Å². The average Bonchev–Trinajstić information content (AvgIpc) is 3.23. The van der Waals surface area contributed by atoms with Gasteiger partial charge in [0, 0.05) is 25.1 Å². The van der Waals surface area contributed by atoms with Gasteiger partial charge in [-0.1, -0.05) is 47.6 Å². The van der Waals surface area contributed by atoms with Gasteiger partial charge in [-0.2, -0.15) is 0 Å². The summed E-state index contributed by atoms with van der Waals surface area (Å²) < 4.78 is 11.9. The van der Waals surface area contributed by atoms with Crippen molar-refractivity contribution < 1.29 is 18.8 Å². The predicted octanol–water partition coefficient (Wildman–Crippen LogP) is 3.09. The number of benzene rings is 2. The molecule has 9 heteroatoms. The smallest absolute Gasteiger partial charge is 0.307 e. The highest BCUT2D eigenvalue weighted by Crippen LogP contribution is 2.21. The number of hydrogen-bond acceptors (Lipinski definition) is 7. The van der Waals surface area contributed by atoms with Gasteiger partial charge in [-0.15, -0.1) is 0 Å². The summed E-state index contributed by atoms with van der Waals surface area (Å²) in [6.07, 6.45) is -1.05. The summed E-state index contributed by atoms with van der Waals surface area (Å²) in [5, 5.41) is 6.85. The quantitative estimate of drug-likeness (QED) is 0.434. The molecule has 2 aromatic heterocycles. The summed E-state index contributed by atoms with van der Waals surface area (Å²) in [6.45, 7) is 1.70. The van der Waals surface area contributed by atoms with Crippen LogP contribution in [0.25, 0.3) is 10.9 Å². The Labute approximate surface area is 189 Å². The molecule has 1 N–H and O–H groups in total. The van der Waals surface area contributed by atoms with Crippen molar-refractivity contribution in [2.24, 2.45) is 7.05 Å². The van der Waals surface area contributed by atoms with Crippen LogP contribution in [0.5, 0.6) is 0 Å². The maximum absolute atomic E-state index is 12.8. The summed E-state index contributed by atoms with van der Waals surface area (Å²) in [6, 6.07) is 17.3. The summed E-state index contributed by atoms with van der Waals surface area (Å²) in [5.41, 5.74) is 0.890. The Morgan fingerprint density at radius 1 is 1.12 bits per heavy atom. The summed E-state index contributed by atoms with van der Waals surface area (Å²) >= 11 is 0. The van der Waals surface area contributed by atoms with Crippen molar-refractivity contribution >= 4 is 28.6 Å². The van der Waals surface area contributed by atoms with E-state index >= 15 is 0 Å². The lowest BCUT2D eigenvalue weighted by molar-refractivity contribution is -0.154. The number of nitrogens with one attached hydrogen (secondary N) is 1. The Bertz CT molecular complexity index is 1360. The molecule has 2 heterocycles. The lowest BCUT2D eigenvalue weighted by Gasteiger charge is -2.17. The van der Waals surface area contributed by atoms with Crippen LogP contribution in [-0.2, 0) is 27.8 Å². The zero-order valence-corrected chi connectivity index (χ0v) is 18.1. The molecule has 1 amide bonds. The Morgan fingerprint density at radius 2 is 1.85 bits per heavy atom. The normalized spacial score (nSPS) is 11.8. The van der Waals surface area contributed by atoms with E-state index < -0.39 is 18.0 Å². The van der Waals surface area contributed by atoms with Crippen LogP contribution in [0.1, 0.15) is 29.7 Å². The van der Waals surface area contributed by atoms with E-state index in [9.17, 15) is 14.4 Å². The Balaban J connectivity index is 1.49. The highest BCUT2D eigenvalue weighted by molar-refractivity contribution is 5.95. The Morgan fingerprint density at radius 3 is 2.58 bits per heavy atom. The molecule has 1 unspecified atom stereocenters. The molecule has 0 radical (unpaired) electrons. The van der Waals surface area contributed by atoms with E-state index in [1.165, 1.54) is 4.57 Å². The number of aryl methyl sites for hydroxylation is 2. The van der Waals surface area contributed by atoms with Crippen molar-refractivity contribution in [2.75, 3.05) is 5.32 Å². The van der Waals surface area contributed by atoms with E-state index in [1.54, 1.807) is 74.6 Å². The monoisotopic (exact) mass is 446 g/mol. The van der Waals surface area contributed by atoms with Crippen LogP contribution in [0.3, 0.4) is 0 Å². The molecule has 0 saturated heterocycles. The van der Waals surface area contributed by atoms with Gasteiger partial charge in [0.05, 0.1) is 17.3 Å². The third-order valence-corrected chi connectivity index (χ3v) is 5.10. The lowest BCUT2D eigenvalue weighted by atomic mass is 10.1. The first kappa shape index (κ1) is 21.9. The minimum atomic E-state index is -1.18. The second-order valence-electron chi connectivity index (χ2n) is 7.50. The second kappa shape index (κ2) is 9.47. The molecule has 0 aliphatic rings. The van der Waals surface area contributed by atoms with Crippen LogP contribution in [-0.4, -0.2) is 26.6 Å². The molecule has 0 bridgehead atoms. The highest BCUT2D eigenvalue weighted by Gasteiger charge is 2.26. The van der Waals surface area contributed by atoms with Gasteiger partial charge in [-0.05, 0) is 19.1 Å². The van der Waals surface area contributed by atoms with Crippen LogP contribution < -0.4 is 10.9 Å². The van der Waals surface area contributed by atoms with Crippen molar-refractivity contribution in [1.82, 2.24) is 14.7 Å². The van der Waals surface area contributed by atoms with E-state index in [1.807, 2.05) is 0 Å². The highest BCUT2D eigenvalue weighted by atomic mass is 16.5. The van der Waals surface area contributed by atoms with Crippen LogP contribution in [0.2, 0.25) is 0 Å². The minimum absolute atomic E-state index is 0.0572. The van der Waals surface area contributed by atoms with E-state index in [0.29, 0.717) is 28.1 Å². The van der Waals surface area contributed by atoms with E-state index in [2.05, 4.69) is 15.5 Å². The molecule has 168 valence electrons. The lowest BCUT2D eigenvalue weighted by Crippen LogP contribution is -2.27. The number of rotatable bonds is 7.